The highest BCUT2D eigenvalue weighted by atomic mass is 16.4. The number of carboxylic acids is 1. The molecule has 2 atom stereocenters. The number of nitrogens with one attached hydrogen (secondary N) is 1. The number of hydrogen-bond donors (Lipinski definition) is 2. The first kappa shape index (κ1) is 17.0. The minimum Gasteiger partial charge on any atom is -0.481 e. The Bertz CT molecular complexity index is 573. The summed E-state index contributed by atoms with van der Waals surface area (Å²) in [6.45, 7) is 2.92. The number of rotatable bonds is 7. The van der Waals surface area contributed by atoms with Crippen LogP contribution in [0.1, 0.15) is 37.8 Å². The van der Waals surface area contributed by atoms with Crippen LogP contribution in [0.15, 0.2) is 30.3 Å². The first-order valence-corrected chi connectivity index (χ1v) is 7.86. The van der Waals surface area contributed by atoms with E-state index in [-0.39, 0.29) is 36.6 Å². The highest BCUT2D eigenvalue weighted by Gasteiger charge is 2.34. The van der Waals surface area contributed by atoms with E-state index in [0.29, 0.717) is 19.5 Å². The first-order valence-electron chi connectivity index (χ1n) is 7.86. The number of nitrogens with zero attached hydrogens (tertiary/aromatic N) is 1. The molecule has 23 heavy (non-hydrogen) atoms. The lowest BCUT2D eigenvalue weighted by molar-refractivity contribution is -0.137. The molecule has 6 heteroatoms. The molecule has 1 aliphatic heterocycles. The van der Waals surface area contributed by atoms with E-state index in [1.807, 2.05) is 37.3 Å². The van der Waals surface area contributed by atoms with E-state index in [0.717, 1.165) is 5.56 Å². The predicted molar refractivity (Wildman–Crippen MR) is 84.6 cm³/mol. The second-order valence-electron chi connectivity index (χ2n) is 5.74. The van der Waals surface area contributed by atoms with Gasteiger partial charge in [-0.25, -0.2) is 0 Å². The number of aliphatic carboxylic acids is 1. The second kappa shape index (κ2) is 7.76. The van der Waals surface area contributed by atoms with Crippen molar-refractivity contribution >= 4 is 17.8 Å². The van der Waals surface area contributed by atoms with Crippen molar-refractivity contribution in [1.29, 1.82) is 0 Å². The monoisotopic (exact) mass is 318 g/mol. The zero-order valence-corrected chi connectivity index (χ0v) is 13.2. The maximum atomic E-state index is 12.4. The molecule has 0 aromatic heterocycles. The molecule has 1 aromatic rings. The van der Waals surface area contributed by atoms with E-state index in [9.17, 15) is 14.4 Å². The van der Waals surface area contributed by atoms with Gasteiger partial charge in [0.25, 0.3) is 0 Å². The van der Waals surface area contributed by atoms with Crippen LogP contribution in [0.3, 0.4) is 0 Å². The van der Waals surface area contributed by atoms with Gasteiger partial charge >= 0.3 is 5.97 Å². The molecule has 2 N–H and O–H groups in total. The Balaban J connectivity index is 2.04. The fourth-order valence-corrected chi connectivity index (χ4v) is 2.82. The number of carbonyl (C=O) groups is 3. The maximum absolute atomic E-state index is 12.4. The van der Waals surface area contributed by atoms with Gasteiger partial charge < -0.3 is 15.3 Å². The van der Waals surface area contributed by atoms with Gasteiger partial charge in [-0.1, -0.05) is 30.3 Å². The molecule has 0 spiro atoms. The lowest BCUT2D eigenvalue weighted by atomic mass is 10.00. The van der Waals surface area contributed by atoms with Gasteiger partial charge in [-0.2, -0.15) is 0 Å². The fourth-order valence-electron chi connectivity index (χ4n) is 2.82. The van der Waals surface area contributed by atoms with Crippen LogP contribution in [0.2, 0.25) is 0 Å². The van der Waals surface area contributed by atoms with Gasteiger partial charge in [0.2, 0.25) is 11.8 Å². The number of benzene rings is 1. The van der Waals surface area contributed by atoms with Gasteiger partial charge in [-0.15, -0.1) is 0 Å². The second-order valence-corrected chi connectivity index (χ2v) is 5.74. The van der Waals surface area contributed by atoms with E-state index < -0.39 is 5.97 Å². The summed E-state index contributed by atoms with van der Waals surface area (Å²) in [7, 11) is 0. The summed E-state index contributed by atoms with van der Waals surface area (Å²) in [5.41, 5.74) is 0.874. The molecular formula is C17H22N2O4. The van der Waals surface area contributed by atoms with Crippen LogP contribution in [0.5, 0.6) is 0 Å². The Labute approximate surface area is 135 Å². The molecule has 2 amide bonds. The average Bonchev–Trinajstić information content (AvgIpc) is 2.93. The number of hydrogen-bond acceptors (Lipinski definition) is 3. The molecule has 1 aromatic carbocycles. The van der Waals surface area contributed by atoms with Crippen molar-refractivity contribution in [3.8, 4) is 0 Å². The molecule has 124 valence electrons. The third-order valence-electron chi connectivity index (χ3n) is 4.13. The van der Waals surface area contributed by atoms with E-state index in [2.05, 4.69) is 5.32 Å². The smallest absolute Gasteiger partial charge is 0.303 e. The van der Waals surface area contributed by atoms with Gasteiger partial charge in [0.1, 0.15) is 0 Å². The predicted octanol–water partition coefficient (Wildman–Crippen LogP) is 1.58. The van der Waals surface area contributed by atoms with Gasteiger partial charge in [-0.05, 0) is 18.9 Å². The molecule has 6 nitrogen and oxygen atoms in total. The molecule has 0 aliphatic carbocycles. The van der Waals surface area contributed by atoms with Crippen molar-refractivity contribution in [2.75, 3.05) is 13.1 Å². The van der Waals surface area contributed by atoms with Crippen molar-refractivity contribution < 1.29 is 19.5 Å². The van der Waals surface area contributed by atoms with Gasteiger partial charge in [0.05, 0.1) is 12.0 Å². The Hall–Kier alpha value is -2.37. The van der Waals surface area contributed by atoms with E-state index in [1.54, 1.807) is 4.90 Å². The third kappa shape index (κ3) is 4.55. The minimum atomic E-state index is -0.895. The van der Waals surface area contributed by atoms with E-state index in [1.165, 1.54) is 0 Å². The molecule has 1 fully saturated rings. The topological polar surface area (TPSA) is 86.7 Å². The molecule has 1 aliphatic rings. The average molecular weight is 318 g/mol. The van der Waals surface area contributed by atoms with E-state index in [4.69, 9.17) is 5.11 Å². The van der Waals surface area contributed by atoms with Gasteiger partial charge in [0, 0.05) is 25.9 Å². The van der Waals surface area contributed by atoms with Crippen molar-refractivity contribution in [1.82, 2.24) is 10.2 Å². The maximum Gasteiger partial charge on any atom is 0.303 e. The van der Waals surface area contributed by atoms with Crippen LogP contribution >= 0.6 is 0 Å². The number of carbonyl (C=O) groups excluding carboxylic acids is 2. The molecular weight excluding hydrogens is 296 g/mol. The minimum absolute atomic E-state index is 0.00514. The Morgan fingerprint density at radius 1 is 1.35 bits per heavy atom. The lowest BCUT2D eigenvalue weighted by Crippen LogP contribution is -2.35. The summed E-state index contributed by atoms with van der Waals surface area (Å²) in [6.07, 6.45) is 0.522. The zero-order chi connectivity index (χ0) is 16.8. The van der Waals surface area contributed by atoms with Gasteiger partial charge in [-0.3, -0.25) is 14.4 Å². The Morgan fingerprint density at radius 3 is 2.61 bits per heavy atom. The molecule has 1 saturated heterocycles. The molecule has 0 unspecified atom stereocenters. The Morgan fingerprint density at radius 2 is 2.04 bits per heavy atom. The number of likely N-dealkylation sites (tertiary alicyclic amines) is 1. The molecule has 0 saturated carbocycles. The normalized spacial score (nSPS) is 18.7. The summed E-state index contributed by atoms with van der Waals surface area (Å²) >= 11 is 0. The number of amides is 2. The SMILES string of the molecule is CCN1C[C@H](C(=O)N[C@H](CCC(=O)O)c2ccccc2)CC1=O. The summed E-state index contributed by atoms with van der Waals surface area (Å²) in [4.78, 5) is 36.7. The zero-order valence-electron chi connectivity index (χ0n) is 13.2. The third-order valence-corrected chi connectivity index (χ3v) is 4.13. The standard InChI is InChI=1S/C17H22N2O4/c1-2-19-11-13(10-15(19)20)17(23)18-14(8-9-16(21)22)12-6-4-3-5-7-12/h3-7,13-14H,2,8-11H2,1H3,(H,18,23)(H,21,22)/t13-,14-/m1/s1. The fraction of sp³-hybridized carbons (Fsp3) is 0.471. The van der Waals surface area contributed by atoms with Crippen LogP contribution < -0.4 is 5.32 Å². The summed E-state index contributed by atoms with van der Waals surface area (Å²) in [6, 6.07) is 8.95. The van der Waals surface area contributed by atoms with Crippen LogP contribution in [0.25, 0.3) is 0 Å². The largest absolute Gasteiger partial charge is 0.481 e. The molecule has 1 heterocycles. The van der Waals surface area contributed by atoms with Crippen LogP contribution in [-0.2, 0) is 14.4 Å². The molecule has 2 rings (SSSR count). The summed E-state index contributed by atoms with van der Waals surface area (Å²) < 4.78 is 0. The quantitative estimate of drug-likeness (QED) is 0.799. The van der Waals surface area contributed by atoms with Crippen molar-refractivity contribution in [3.63, 3.8) is 0 Å². The molecule has 0 bridgehead atoms. The van der Waals surface area contributed by atoms with Gasteiger partial charge in [0.15, 0.2) is 0 Å². The molecule has 0 radical (unpaired) electrons. The van der Waals surface area contributed by atoms with Crippen LogP contribution in [0, 0.1) is 5.92 Å². The number of carboxylic acid groups (broad SMARTS) is 1. The highest BCUT2D eigenvalue weighted by molar-refractivity contribution is 5.89. The van der Waals surface area contributed by atoms with Crippen LogP contribution in [0.4, 0.5) is 0 Å². The van der Waals surface area contributed by atoms with Crippen molar-refractivity contribution in [2.24, 2.45) is 5.92 Å². The Kier molecular flexibility index (Phi) is 5.73. The van der Waals surface area contributed by atoms with Crippen LogP contribution in [-0.4, -0.2) is 40.9 Å². The summed E-state index contributed by atoms with van der Waals surface area (Å²) in [5, 5.41) is 11.8. The first-order chi connectivity index (χ1) is 11.0. The van der Waals surface area contributed by atoms with Crippen molar-refractivity contribution in [2.45, 2.75) is 32.2 Å². The van der Waals surface area contributed by atoms with E-state index >= 15 is 0 Å². The van der Waals surface area contributed by atoms with Crippen molar-refractivity contribution in [3.05, 3.63) is 35.9 Å². The lowest BCUT2D eigenvalue weighted by Gasteiger charge is -2.21. The summed E-state index contributed by atoms with van der Waals surface area (Å²) in [5.74, 6) is -1.45. The highest BCUT2D eigenvalue weighted by Crippen LogP contribution is 2.22.